The van der Waals surface area contributed by atoms with Crippen LogP contribution >= 0.6 is 0 Å². The summed E-state index contributed by atoms with van der Waals surface area (Å²) in [6.45, 7) is 10.0. The van der Waals surface area contributed by atoms with Gasteiger partial charge in [-0.2, -0.15) is 4.98 Å². The fraction of sp³-hybridized carbons (Fsp3) is 0.625. The molecule has 2 heterocycles. The standard InChI is InChI=1S/C24H35FN4O4/c1-15(2)23-27-24(28-33-23)29-10-7-18(8-11-29)16(3)9-12-32-19-5-6-20(21(25)13-19)22(31)26-17(4)14-30/h5-6,13,15-18,30H,7-12,14H2,1-4H3,(H,26,31). The molecule has 9 heteroatoms. The molecule has 1 aliphatic rings. The quantitative estimate of drug-likeness (QED) is 0.554. The molecule has 1 aliphatic heterocycles. The first kappa shape index (κ1) is 25.0. The molecular weight excluding hydrogens is 427 g/mol. The monoisotopic (exact) mass is 462 g/mol. The van der Waals surface area contributed by atoms with Crippen molar-refractivity contribution in [2.75, 3.05) is 31.2 Å². The van der Waals surface area contributed by atoms with E-state index in [2.05, 4.69) is 27.3 Å². The number of nitrogens with zero attached hydrogens (tertiary/aromatic N) is 3. The van der Waals surface area contributed by atoms with Gasteiger partial charge in [0.1, 0.15) is 11.6 Å². The van der Waals surface area contributed by atoms with Crippen molar-refractivity contribution in [2.24, 2.45) is 11.8 Å². The van der Waals surface area contributed by atoms with Gasteiger partial charge >= 0.3 is 0 Å². The normalized spacial score (nSPS) is 16.6. The molecule has 0 radical (unpaired) electrons. The molecule has 1 aromatic carbocycles. The molecule has 1 saturated heterocycles. The summed E-state index contributed by atoms with van der Waals surface area (Å²) in [5, 5.41) is 15.7. The molecule has 1 aromatic heterocycles. The fourth-order valence-electron chi connectivity index (χ4n) is 3.97. The molecule has 0 spiro atoms. The zero-order valence-electron chi connectivity index (χ0n) is 19.9. The largest absolute Gasteiger partial charge is 0.493 e. The first-order chi connectivity index (χ1) is 15.8. The SMILES string of the molecule is CC(CO)NC(=O)c1ccc(OCCC(C)C2CCN(c3noc(C(C)C)n3)CC2)cc1F. The molecule has 33 heavy (non-hydrogen) atoms. The van der Waals surface area contributed by atoms with E-state index in [0.717, 1.165) is 32.4 Å². The Hall–Kier alpha value is -2.68. The number of anilines is 1. The predicted molar refractivity (Wildman–Crippen MR) is 123 cm³/mol. The van der Waals surface area contributed by atoms with Crippen molar-refractivity contribution in [2.45, 2.75) is 58.9 Å². The van der Waals surface area contributed by atoms with E-state index in [1.165, 1.54) is 12.1 Å². The van der Waals surface area contributed by atoms with Crippen LogP contribution in [0.15, 0.2) is 22.7 Å². The van der Waals surface area contributed by atoms with E-state index in [1.807, 2.05) is 13.8 Å². The molecule has 1 fully saturated rings. The third-order valence-electron chi connectivity index (χ3n) is 6.23. The van der Waals surface area contributed by atoms with Crippen LogP contribution in [0, 0.1) is 17.7 Å². The average Bonchev–Trinajstić information content (AvgIpc) is 3.30. The van der Waals surface area contributed by atoms with E-state index in [-0.39, 0.29) is 18.1 Å². The Labute approximate surface area is 194 Å². The zero-order chi connectivity index (χ0) is 24.0. The lowest BCUT2D eigenvalue weighted by atomic mass is 9.84. The maximum atomic E-state index is 14.3. The van der Waals surface area contributed by atoms with Crippen molar-refractivity contribution in [3.8, 4) is 5.75 Å². The van der Waals surface area contributed by atoms with Gasteiger partial charge in [0.05, 0.1) is 18.8 Å². The molecule has 3 rings (SSSR count). The Kier molecular flexibility index (Phi) is 8.66. The number of carbonyl (C=O) groups is 1. The Bertz CT molecular complexity index is 912. The first-order valence-corrected chi connectivity index (χ1v) is 11.7. The van der Waals surface area contributed by atoms with E-state index < -0.39 is 17.8 Å². The highest BCUT2D eigenvalue weighted by atomic mass is 19.1. The Morgan fingerprint density at radius 3 is 2.64 bits per heavy atom. The number of aliphatic hydroxyl groups excluding tert-OH is 1. The van der Waals surface area contributed by atoms with Crippen molar-refractivity contribution in [3.05, 3.63) is 35.5 Å². The van der Waals surface area contributed by atoms with E-state index >= 15 is 0 Å². The summed E-state index contributed by atoms with van der Waals surface area (Å²) in [5.74, 6) is 1.83. The Balaban J connectivity index is 1.42. The third kappa shape index (κ3) is 6.66. The molecule has 2 N–H and O–H groups in total. The van der Waals surface area contributed by atoms with Gasteiger partial charge in [-0.3, -0.25) is 4.79 Å². The highest BCUT2D eigenvalue weighted by molar-refractivity contribution is 5.94. The molecule has 2 aromatic rings. The topological polar surface area (TPSA) is 101 Å². The molecule has 1 amide bonds. The van der Waals surface area contributed by atoms with Gasteiger partial charge in [-0.05, 0) is 55.3 Å². The van der Waals surface area contributed by atoms with E-state index in [0.29, 0.717) is 36.0 Å². The molecule has 2 atom stereocenters. The summed E-state index contributed by atoms with van der Waals surface area (Å²) in [7, 11) is 0. The maximum absolute atomic E-state index is 14.3. The van der Waals surface area contributed by atoms with Gasteiger partial charge in [0.2, 0.25) is 5.89 Å². The van der Waals surface area contributed by atoms with Crippen molar-refractivity contribution >= 4 is 11.9 Å². The van der Waals surface area contributed by atoms with Crippen LogP contribution < -0.4 is 15.0 Å². The number of ether oxygens (including phenoxy) is 1. The van der Waals surface area contributed by atoms with Crippen LogP contribution in [-0.2, 0) is 0 Å². The number of amides is 1. The molecule has 8 nitrogen and oxygen atoms in total. The van der Waals surface area contributed by atoms with Gasteiger partial charge < -0.3 is 24.6 Å². The minimum absolute atomic E-state index is 0.0649. The van der Waals surface area contributed by atoms with Gasteiger partial charge in [-0.1, -0.05) is 20.8 Å². The lowest BCUT2D eigenvalue weighted by Crippen LogP contribution is -2.36. The second kappa shape index (κ2) is 11.4. The number of aliphatic hydroxyl groups is 1. The zero-order valence-corrected chi connectivity index (χ0v) is 19.9. The Morgan fingerprint density at radius 2 is 2.03 bits per heavy atom. The number of piperidine rings is 1. The van der Waals surface area contributed by atoms with Crippen LogP contribution in [0.25, 0.3) is 0 Å². The number of benzene rings is 1. The first-order valence-electron chi connectivity index (χ1n) is 11.7. The Morgan fingerprint density at radius 1 is 1.30 bits per heavy atom. The van der Waals surface area contributed by atoms with Gasteiger partial charge in [-0.25, -0.2) is 4.39 Å². The summed E-state index contributed by atoms with van der Waals surface area (Å²) in [4.78, 5) is 18.7. The summed E-state index contributed by atoms with van der Waals surface area (Å²) in [6, 6.07) is 3.80. The van der Waals surface area contributed by atoms with Crippen molar-refractivity contribution in [1.29, 1.82) is 0 Å². The fourth-order valence-corrected chi connectivity index (χ4v) is 3.97. The van der Waals surface area contributed by atoms with Crippen LogP contribution in [0.2, 0.25) is 0 Å². The summed E-state index contributed by atoms with van der Waals surface area (Å²) >= 11 is 0. The molecule has 182 valence electrons. The average molecular weight is 463 g/mol. The van der Waals surface area contributed by atoms with Crippen LogP contribution in [0.1, 0.15) is 69.1 Å². The summed E-state index contributed by atoms with van der Waals surface area (Å²) in [6.07, 6.45) is 2.97. The number of aromatic nitrogens is 2. The molecule has 0 aliphatic carbocycles. The number of nitrogens with one attached hydrogen (secondary N) is 1. The second-order valence-electron chi connectivity index (χ2n) is 9.22. The number of carbonyl (C=O) groups excluding carboxylic acids is 1. The van der Waals surface area contributed by atoms with Crippen LogP contribution in [-0.4, -0.2) is 53.5 Å². The summed E-state index contributed by atoms with van der Waals surface area (Å²) in [5.41, 5.74) is -0.0649. The highest BCUT2D eigenvalue weighted by Gasteiger charge is 2.26. The highest BCUT2D eigenvalue weighted by Crippen LogP contribution is 2.29. The van der Waals surface area contributed by atoms with Crippen LogP contribution in [0.5, 0.6) is 5.75 Å². The number of halogens is 1. The second-order valence-corrected chi connectivity index (χ2v) is 9.22. The van der Waals surface area contributed by atoms with E-state index in [4.69, 9.17) is 14.4 Å². The van der Waals surface area contributed by atoms with Gasteiger partial charge in [0.15, 0.2) is 0 Å². The van der Waals surface area contributed by atoms with Crippen LogP contribution in [0.3, 0.4) is 0 Å². The van der Waals surface area contributed by atoms with E-state index in [9.17, 15) is 9.18 Å². The van der Waals surface area contributed by atoms with Crippen molar-refractivity contribution < 1.29 is 23.6 Å². The minimum atomic E-state index is -0.641. The van der Waals surface area contributed by atoms with Crippen molar-refractivity contribution in [1.82, 2.24) is 15.5 Å². The van der Waals surface area contributed by atoms with E-state index in [1.54, 1.807) is 13.0 Å². The molecular formula is C24H35FN4O4. The van der Waals surface area contributed by atoms with Crippen LogP contribution in [0.4, 0.5) is 10.3 Å². The van der Waals surface area contributed by atoms with Crippen molar-refractivity contribution in [3.63, 3.8) is 0 Å². The summed E-state index contributed by atoms with van der Waals surface area (Å²) < 4.78 is 25.4. The number of hydrogen-bond acceptors (Lipinski definition) is 7. The number of hydrogen-bond donors (Lipinski definition) is 2. The lowest BCUT2D eigenvalue weighted by molar-refractivity contribution is 0.0918. The van der Waals surface area contributed by atoms with Gasteiger partial charge in [0.25, 0.3) is 11.9 Å². The molecule has 0 bridgehead atoms. The minimum Gasteiger partial charge on any atom is -0.493 e. The predicted octanol–water partition coefficient (Wildman–Crippen LogP) is 3.76. The van der Waals surface area contributed by atoms with Gasteiger partial charge in [-0.15, -0.1) is 0 Å². The third-order valence-corrected chi connectivity index (χ3v) is 6.23. The smallest absolute Gasteiger partial charge is 0.266 e. The lowest BCUT2D eigenvalue weighted by Gasteiger charge is -2.34. The number of rotatable bonds is 10. The molecule has 2 unspecified atom stereocenters. The molecule has 0 saturated carbocycles. The maximum Gasteiger partial charge on any atom is 0.266 e. The van der Waals surface area contributed by atoms with Gasteiger partial charge in [0, 0.05) is 31.1 Å².